The van der Waals surface area contributed by atoms with Crippen LogP contribution in [0.5, 0.6) is 5.75 Å². The number of likely N-dealkylation sites (tertiary alicyclic amines) is 1. The number of carbonyl (C=O) groups is 2. The van der Waals surface area contributed by atoms with Crippen molar-refractivity contribution in [2.75, 3.05) is 29.4 Å². The quantitative estimate of drug-likeness (QED) is 0.495. The molecule has 2 aromatic carbocycles. The van der Waals surface area contributed by atoms with Gasteiger partial charge >= 0.3 is 0 Å². The molecule has 1 saturated heterocycles. The van der Waals surface area contributed by atoms with Crippen LogP contribution in [-0.4, -0.2) is 44.5 Å². The summed E-state index contributed by atoms with van der Waals surface area (Å²) in [4.78, 5) is 27.9. The number of nitrogens with one attached hydrogen (secondary N) is 2. The fourth-order valence-corrected chi connectivity index (χ4v) is 5.32. The van der Waals surface area contributed by atoms with Gasteiger partial charge < -0.3 is 15.0 Å². The fraction of sp³-hybridized carbons (Fsp3) is 0.440. The highest BCUT2D eigenvalue weighted by atomic mass is 32.2. The van der Waals surface area contributed by atoms with Gasteiger partial charge in [0.25, 0.3) is 0 Å². The molecule has 34 heavy (non-hydrogen) atoms. The maximum absolute atomic E-state index is 13.3. The number of hydrogen-bond donors (Lipinski definition) is 2. The highest BCUT2D eigenvalue weighted by Gasteiger charge is 2.44. The van der Waals surface area contributed by atoms with E-state index in [4.69, 9.17) is 4.74 Å². The molecule has 0 bridgehead atoms. The van der Waals surface area contributed by atoms with E-state index in [-0.39, 0.29) is 30.0 Å². The van der Waals surface area contributed by atoms with Crippen molar-refractivity contribution in [3.8, 4) is 5.75 Å². The monoisotopic (exact) mass is 487 g/mol. The van der Waals surface area contributed by atoms with Crippen LogP contribution in [0, 0.1) is 5.92 Å². The summed E-state index contributed by atoms with van der Waals surface area (Å²) in [7, 11) is -1.79. The molecule has 8 nitrogen and oxygen atoms in total. The molecule has 2 aromatic rings. The molecule has 0 saturated carbocycles. The first-order chi connectivity index (χ1) is 16.3. The number of methoxy groups -OCH3 is 1. The van der Waals surface area contributed by atoms with Crippen LogP contribution in [0.4, 0.5) is 11.4 Å². The molecule has 0 spiro atoms. The van der Waals surface area contributed by atoms with Crippen LogP contribution < -0.4 is 14.8 Å². The van der Waals surface area contributed by atoms with Crippen molar-refractivity contribution in [2.24, 2.45) is 5.92 Å². The molecule has 3 rings (SSSR count). The molecule has 2 amide bonds. The normalized spacial score (nSPS) is 18.1. The number of anilines is 2. The first-order valence-corrected chi connectivity index (χ1v) is 13.3. The second-order valence-corrected chi connectivity index (χ2v) is 10.3. The van der Waals surface area contributed by atoms with Crippen molar-refractivity contribution in [3.05, 3.63) is 54.1 Å². The van der Waals surface area contributed by atoms with Crippen molar-refractivity contribution in [1.82, 2.24) is 4.90 Å². The van der Waals surface area contributed by atoms with Crippen LogP contribution in [0.25, 0.3) is 0 Å². The average Bonchev–Trinajstić information content (AvgIpc) is 3.14. The van der Waals surface area contributed by atoms with E-state index < -0.39 is 15.9 Å². The van der Waals surface area contributed by atoms with Gasteiger partial charge in [0.1, 0.15) is 5.75 Å². The lowest BCUT2D eigenvalue weighted by Crippen LogP contribution is -2.33. The molecule has 184 valence electrons. The van der Waals surface area contributed by atoms with Gasteiger partial charge in [-0.25, -0.2) is 8.42 Å². The van der Waals surface area contributed by atoms with Crippen molar-refractivity contribution in [1.29, 1.82) is 0 Å². The number of unbranched alkanes of at least 4 members (excludes halogenated alkanes) is 1. The first-order valence-electron chi connectivity index (χ1n) is 11.6. The SMILES string of the molecule is CCCCN1C(=O)CC(C(=O)Nc2ccc(NS(=O)(=O)CCC)cc2)C1c1ccc(OC)cc1. The third-order valence-corrected chi connectivity index (χ3v) is 7.37. The largest absolute Gasteiger partial charge is 0.497 e. The molecule has 1 aliphatic heterocycles. The summed E-state index contributed by atoms with van der Waals surface area (Å²) in [5, 5.41) is 2.90. The Kier molecular flexibility index (Phi) is 8.55. The molecular formula is C25H33N3O5S. The summed E-state index contributed by atoms with van der Waals surface area (Å²) in [5.74, 6) is -0.0606. The number of carbonyl (C=O) groups excluding carboxylic acids is 2. The smallest absolute Gasteiger partial charge is 0.232 e. The van der Waals surface area contributed by atoms with Crippen LogP contribution >= 0.6 is 0 Å². The number of ether oxygens (including phenoxy) is 1. The van der Waals surface area contributed by atoms with Crippen LogP contribution in [0.3, 0.4) is 0 Å². The molecule has 2 atom stereocenters. The van der Waals surface area contributed by atoms with E-state index >= 15 is 0 Å². The average molecular weight is 488 g/mol. The van der Waals surface area contributed by atoms with Gasteiger partial charge in [-0.15, -0.1) is 0 Å². The number of amides is 2. The summed E-state index contributed by atoms with van der Waals surface area (Å²) in [6.07, 6.45) is 2.47. The van der Waals surface area contributed by atoms with Gasteiger partial charge in [0.2, 0.25) is 21.8 Å². The predicted octanol–water partition coefficient (Wildman–Crippen LogP) is 4.18. The Morgan fingerprint density at radius 2 is 1.68 bits per heavy atom. The zero-order valence-corrected chi connectivity index (χ0v) is 20.7. The molecule has 0 aliphatic carbocycles. The molecule has 1 aliphatic rings. The zero-order chi connectivity index (χ0) is 24.7. The van der Waals surface area contributed by atoms with Crippen LogP contribution in [-0.2, 0) is 19.6 Å². The number of rotatable bonds is 11. The molecule has 1 fully saturated rings. The summed E-state index contributed by atoms with van der Waals surface area (Å²) in [6, 6.07) is 13.6. The Hall–Kier alpha value is -3.07. The Labute approximate surface area is 201 Å². The van der Waals surface area contributed by atoms with Gasteiger partial charge in [0, 0.05) is 24.3 Å². The number of sulfonamides is 1. The highest BCUT2D eigenvalue weighted by molar-refractivity contribution is 7.92. The van der Waals surface area contributed by atoms with E-state index in [0.29, 0.717) is 30.1 Å². The van der Waals surface area contributed by atoms with Crippen molar-refractivity contribution < 1.29 is 22.7 Å². The second-order valence-electron chi connectivity index (χ2n) is 8.46. The molecule has 1 heterocycles. The molecule has 2 N–H and O–H groups in total. The topological polar surface area (TPSA) is 105 Å². The lowest BCUT2D eigenvalue weighted by Gasteiger charge is -2.28. The standard InChI is InChI=1S/C25H33N3O5S/c1-4-6-15-28-23(29)17-22(24(28)18-7-13-21(33-3)14-8-18)25(30)26-19-9-11-20(12-10-19)27-34(31,32)16-5-2/h7-14,22,24,27H,4-6,15-17H2,1-3H3,(H,26,30). The molecule has 0 aromatic heterocycles. The van der Waals surface area contributed by atoms with Crippen LogP contribution in [0.1, 0.15) is 51.1 Å². The second kappa shape index (κ2) is 11.4. The van der Waals surface area contributed by atoms with Crippen molar-refractivity contribution >= 4 is 33.2 Å². The molecule has 2 unspecified atom stereocenters. The van der Waals surface area contributed by atoms with Gasteiger partial charge in [0.05, 0.1) is 24.8 Å². The lowest BCUT2D eigenvalue weighted by molar-refractivity contribution is -0.129. The maximum Gasteiger partial charge on any atom is 0.232 e. The number of benzene rings is 2. The van der Waals surface area contributed by atoms with Crippen LogP contribution in [0.2, 0.25) is 0 Å². The van der Waals surface area contributed by atoms with E-state index in [1.807, 2.05) is 24.3 Å². The lowest BCUT2D eigenvalue weighted by atomic mass is 9.92. The molecule has 9 heteroatoms. The minimum Gasteiger partial charge on any atom is -0.497 e. The third-order valence-electron chi connectivity index (χ3n) is 5.88. The van der Waals surface area contributed by atoms with Crippen LogP contribution in [0.15, 0.2) is 48.5 Å². The number of nitrogens with zero attached hydrogens (tertiary/aromatic N) is 1. The predicted molar refractivity (Wildman–Crippen MR) is 133 cm³/mol. The highest BCUT2D eigenvalue weighted by Crippen LogP contribution is 2.39. The van der Waals surface area contributed by atoms with Gasteiger partial charge in [-0.2, -0.15) is 0 Å². The van der Waals surface area contributed by atoms with Gasteiger partial charge in [-0.05, 0) is 54.8 Å². The maximum atomic E-state index is 13.3. The van der Waals surface area contributed by atoms with E-state index in [2.05, 4.69) is 17.0 Å². The Bertz CT molecular complexity index is 1080. The van der Waals surface area contributed by atoms with Gasteiger partial charge in [-0.3, -0.25) is 14.3 Å². The summed E-state index contributed by atoms with van der Waals surface area (Å²) in [5.41, 5.74) is 1.87. The summed E-state index contributed by atoms with van der Waals surface area (Å²) in [6.45, 7) is 4.47. The summed E-state index contributed by atoms with van der Waals surface area (Å²) >= 11 is 0. The fourth-order valence-electron chi connectivity index (χ4n) is 4.19. The minimum absolute atomic E-state index is 0.0323. The van der Waals surface area contributed by atoms with Gasteiger partial charge in [-0.1, -0.05) is 32.4 Å². The minimum atomic E-state index is -3.39. The third kappa shape index (κ3) is 6.28. The molecular weight excluding hydrogens is 454 g/mol. The van der Waals surface area contributed by atoms with E-state index in [0.717, 1.165) is 18.4 Å². The zero-order valence-electron chi connectivity index (χ0n) is 19.9. The first kappa shape index (κ1) is 25.6. The van der Waals surface area contributed by atoms with E-state index in [1.54, 1.807) is 43.2 Å². The number of hydrogen-bond acceptors (Lipinski definition) is 5. The van der Waals surface area contributed by atoms with Crippen molar-refractivity contribution in [2.45, 2.75) is 45.6 Å². The summed E-state index contributed by atoms with van der Waals surface area (Å²) < 4.78 is 31.7. The Balaban J connectivity index is 1.77. The van der Waals surface area contributed by atoms with Crippen molar-refractivity contribution in [3.63, 3.8) is 0 Å². The van der Waals surface area contributed by atoms with E-state index in [1.165, 1.54) is 0 Å². The van der Waals surface area contributed by atoms with E-state index in [9.17, 15) is 18.0 Å². The Morgan fingerprint density at radius 1 is 1.03 bits per heavy atom. The Morgan fingerprint density at radius 3 is 2.26 bits per heavy atom. The molecule has 0 radical (unpaired) electrons. The van der Waals surface area contributed by atoms with Gasteiger partial charge in [0.15, 0.2) is 0 Å².